The van der Waals surface area contributed by atoms with Gasteiger partial charge in [-0.15, -0.1) is 0 Å². The standard InChI is InChI=1S/2C7H7NO3.C2H5NO/c2*8-4-1-2-5(7(10)11)6(9)3-4;1-2(3)4/h2*1-3,9H,8H2,(H,10,11);1H3,(H2,3,4). The second-order valence-electron chi connectivity index (χ2n) is 4.77. The number of carboxylic acids is 2. The first kappa shape index (κ1) is 22.1. The number of carbonyl (C=O) groups excluding carboxylic acids is 1. The van der Waals surface area contributed by atoms with Crippen molar-refractivity contribution in [1.82, 2.24) is 0 Å². The van der Waals surface area contributed by atoms with E-state index in [-0.39, 0.29) is 28.5 Å². The molecule has 0 fully saturated rings. The van der Waals surface area contributed by atoms with Crippen LogP contribution in [0.1, 0.15) is 27.6 Å². The fourth-order valence-corrected chi connectivity index (χ4v) is 1.46. The molecule has 0 aromatic heterocycles. The van der Waals surface area contributed by atoms with Crippen LogP contribution in [0.3, 0.4) is 0 Å². The largest absolute Gasteiger partial charge is 0.507 e. The number of benzene rings is 2. The molecule has 0 atom stereocenters. The maximum atomic E-state index is 10.3. The number of aromatic hydroxyl groups is 2. The van der Waals surface area contributed by atoms with Crippen LogP contribution in [0.2, 0.25) is 0 Å². The summed E-state index contributed by atoms with van der Waals surface area (Å²) >= 11 is 0. The summed E-state index contributed by atoms with van der Waals surface area (Å²) in [4.78, 5) is 29.9. The zero-order valence-corrected chi connectivity index (χ0v) is 13.7. The normalized spacial score (nSPS) is 8.96. The van der Waals surface area contributed by atoms with Crippen LogP contribution < -0.4 is 17.2 Å². The summed E-state index contributed by atoms with van der Waals surface area (Å²) in [5.74, 6) is -3.28. The molecule has 0 aliphatic carbocycles. The average molecular weight is 365 g/mol. The number of phenols is 2. The van der Waals surface area contributed by atoms with Gasteiger partial charge in [-0.25, -0.2) is 9.59 Å². The number of hydrogen-bond acceptors (Lipinski definition) is 7. The highest BCUT2D eigenvalue weighted by atomic mass is 16.4. The maximum absolute atomic E-state index is 10.3. The number of nitrogen functional groups attached to an aromatic ring is 2. The number of primary amides is 1. The van der Waals surface area contributed by atoms with Gasteiger partial charge >= 0.3 is 11.9 Å². The Balaban J connectivity index is 0.000000401. The van der Waals surface area contributed by atoms with Crippen molar-refractivity contribution in [2.24, 2.45) is 5.73 Å². The molecule has 10 nitrogen and oxygen atoms in total. The lowest BCUT2D eigenvalue weighted by molar-refractivity contribution is -0.115. The number of carboxylic acid groups (broad SMARTS) is 2. The second kappa shape index (κ2) is 10.0. The zero-order chi connectivity index (χ0) is 20.4. The molecule has 0 aliphatic heterocycles. The molecule has 1 amide bonds. The average Bonchev–Trinajstić information content (AvgIpc) is 2.46. The molecule has 2 aromatic carbocycles. The summed E-state index contributed by atoms with van der Waals surface area (Å²) in [6.45, 7) is 1.31. The van der Waals surface area contributed by atoms with E-state index in [0.29, 0.717) is 11.4 Å². The first-order chi connectivity index (χ1) is 12.0. The molecule has 0 heterocycles. The molecule has 0 saturated heterocycles. The number of carbonyl (C=O) groups is 3. The van der Waals surface area contributed by atoms with E-state index in [1.807, 2.05) is 0 Å². The lowest BCUT2D eigenvalue weighted by Gasteiger charge is -1.98. The van der Waals surface area contributed by atoms with Crippen LogP contribution in [0.4, 0.5) is 11.4 Å². The van der Waals surface area contributed by atoms with Gasteiger partial charge in [0.25, 0.3) is 0 Å². The quantitative estimate of drug-likeness (QED) is 0.375. The van der Waals surface area contributed by atoms with Gasteiger partial charge < -0.3 is 37.6 Å². The molecule has 140 valence electrons. The lowest BCUT2D eigenvalue weighted by Crippen LogP contribution is -2.01. The topological polar surface area (TPSA) is 210 Å². The molecule has 0 saturated carbocycles. The molecule has 0 aliphatic rings. The van der Waals surface area contributed by atoms with Crippen LogP contribution in [0, 0.1) is 0 Å². The number of anilines is 2. The van der Waals surface area contributed by atoms with Gasteiger partial charge in [0.15, 0.2) is 0 Å². The van der Waals surface area contributed by atoms with E-state index in [9.17, 15) is 14.4 Å². The Morgan fingerprint density at radius 3 is 1.23 bits per heavy atom. The molecule has 26 heavy (non-hydrogen) atoms. The third-order valence-corrected chi connectivity index (χ3v) is 2.50. The van der Waals surface area contributed by atoms with Crippen molar-refractivity contribution in [2.75, 3.05) is 11.5 Å². The minimum Gasteiger partial charge on any atom is -0.507 e. The fourth-order valence-electron chi connectivity index (χ4n) is 1.46. The van der Waals surface area contributed by atoms with Crippen LogP contribution in [-0.2, 0) is 4.79 Å². The molecule has 0 spiro atoms. The van der Waals surface area contributed by atoms with Crippen molar-refractivity contribution in [3.8, 4) is 11.5 Å². The van der Waals surface area contributed by atoms with Gasteiger partial charge in [0.1, 0.15) is 22.6 Å². The Hall–Kier alpha value is -3.95. The van der Waals surface area contributed by atoms with E-state index in [1.54, 1.807) is 0 Å². The lowest BCUT2D eigenvalue weighted by atomic mass is 10.2. The molecule has 10 heteroatoms. The van der Waals surface area contributed by atoms with E-state index < -0.39 is 11.9 Å². The van der Waals surface area contributed by atoms with Gasteiger partial charge in [-0.05, 0) is 24.3 Å². The SMILES string of the molecule is CC(N)=O.Nc1ccc(C(=O)O)c(O)c1.Nc1ccc(C(=O)O)c(O)c1. The number of amides is 1. The summed E-state index contributed by atoms with van der Waals surface area (Å²) in [6.07, 6.45) is 0. The number of hydrogen-bond donors (Lipinski definition) is 7. The number of aromatic carboxylic acids is 2. The first-order valence-corrected chi connectivity index (χ1v) is 6.85. The van der Waals surface area contributed by atoms with Crippen molar-refractivity contribution >= 4 is 29.2 Å². The molecular formula is C16H19N3O7. The van der Waals surface area contributed by atoms with Gasteiger partial charge in [-0.3, -0.25) is 4.79 Å². The predicted molar refractivity (Wildman–Crippen MR) is 93.8 cm³/mol. The minimum atomic E-state index is -1.16. The van der Waals surface area contributed by atoms with Gasteiger partial charge in [-0.2, -0.15) is 0 Å². The summed E-state index contributed by atoms with van der Waals surface area (Å²) in [5.41, 5.74) is 15.4. The number of rotatable bonds is 2. The molecular weight excluding hydrogens is 346 g/mol. The Morgan fingerprint density at radius 2 is 1.04 bits per heavy atom. The van der Waals surface area contributed by atoms with E-state index in [0.717, 1.165) is 0 Å². The Labute approximate surface area is 148 Å². The van der Waals surface area contributed by atoms with Crippen LogP contribution in [0.25, 0.3) is 0 Å². The minimum absolute atomic E-state index is 0.140. The Kier molecular flexibility index (Phi) is 8.50. The van der Waals surface area contributed by atoms with Gasteiger partial charge in [0.2, 0.25) is 5.91 Å². The van der Waals surface area contributed by atoms with Gasteiger partial charge in [0.05, 0.1) is 0 Å². The number of nitrogens with two attached hydrogens (primary N) is 3. The third kappa shape index (κ3) is 8.06. The van der Waals surface area contributed by atoms with Crippen LogP contribution in [0.15, 0.2) is 36.4 Å². The Bertz CT molecular complexity index is 741. The van der Waals surface area contributed by atoms with E-state index in [2.05, 4.69) is 5.73 Å². The van der Waals surface area contributed by atoms with E-state index in [1.165, 1.54) is 43.3 Å². The summed E-state index contributed by atoms with van der Waals surface area (Å²) in [5, 5.41) is 34.9. The van der Waals surface area contributed by atoms with Crippen molar-refractivity contribution in [2.45, 2.75) is 6.92 Å². The molecule has 0 unspecified atom stereocenters. The smallest absolute Gasteiger partial charge is 0.339 e. The molecule has 0 bridgehead atoms. The van der Waals surface area contributed by atoms with Crippen LogP contribution in [0.5, 0.6) is 11.5 Å². The second-order valence-corrected chi connectivity index (χ2v) is 4.77. The first-order valence-electron chi connectivity index (χ1n) is 6.85. The van der Waals surface area contributed by atoms with Crippen molar-refractivity contribution in [1.29, 1.82) is 0 Å². The molecule has 10 N–H and O–H groups in total. The molecule has 2 rings (SSSR count). The Morgan fingerprint density at radius 1 is 0.769 bits per heavy atom. The molecule has 0 radical (unpaired) electrons. The van der Waals surface area contributed by atoms with Crippen LogP contribution in [-0.4, -0.2) is 38.3 Å². The monoisotopic (exact) mass is 365 g/mol. The van der Waals surface area contributed by atoms with Gasteiger partial charge in [0, 0.05) is 30.4 Å². The molecule has 2 aromatic rings. The van der Waals surface area contributed by atoms with Crippen LogP contribution >= 0.6 is 0 Å². The maximum Gasteiger partial charge on any atom is 0.339 e. The van der Waals surface area contributed by atoms with E-state index in [4.69, 9.17) is 31.9 Å². The third-order valence-electron chi connectivity index (χ3n) is 2.50. The van der Waals surface area contributed by atoms with Crippen molar-refractivity contribution in [3.05, 3.63) is 47.5 Å². The highest BCUT2D eigenvalue weighted by Gasteiger charge is 2.08. The zero-order valence-electron chi connectivity index (χ0n) is 13.7. The van der Waals surface area contributed by atoms with E-state index >= 15 is 0 Å². The summed E-state index contributed by atoms with van der Waals surface area (Å²) in [7, 11) is 0. The highest BCUT2D eigenvalue weighted by molar-refractivity contribution is 5.91. The highest BCUT2D eigenvalue weighted by Crippen LogP contribution is 2.20. The summed E-state index contributed by atoms with van der Waals surface area (Å²) < 4.78 is 0. The van der Waals surface area contributed by atoms with Crippen molar-refractivity contribution in [3.63, 3.8) is 0 Å². The van der Waals surface area contributed by atoms with Crippen molar-refractivity contribution < 1.29 is 34.8 Å². The fraction of sp³-hybridized carbons (Fsp3) is 0.0625. The van der Waals surface area contributed by atoms with Gasteiger partial charge in [-0.1, -0.05) is 0 Å². The predicted octanol–water partition coefficient (Wildman–Crippen LogP) is 0.837. The summed E-state index contributed by atoms with van der Waals surface area (Å²) in [6, 6.07) is 7.75.